The zero-order valence-corrected chi connectivity index (χ0v) is 13.1. The van der Waals surface area contributed by atoms with E-state index in [1.165, 1.54) is 31.4 Å². The molecular formula is C16H16O5S. The zero-order chi connectivity index (χ0) is 16.2. The molecule has 0 heterocycles. The summed E-state index contributed by atoms with van der Waals surface area (Å²) in [4.78, 5) is 12.3. The summed E-state index contributed by atoms with van der Waals surface area (Å²) in [6.45, 7) is -0.154. The van der Waals surface area contributed by atoms with Gasteiger partial charge in [-0.2, -0.15) is 0 Å². The molecule has 0 N–H and O–H groups in total. The molecule has 0 aliphatic heterocycles. The number of methoxy groups -OCH3 is 1. The maximum absolute atomic E-state index is 12.1. The van der Waals surface area contributed by atoms with Crippen molar-refractivity contribution in [1.82, 2.24) is 0 Å². The third-order valence-electron chi connectivity index (χ3n) is 3.03. The number of carbonyl (C=O) groups is 1. The molecule has 0 aliphatic carbocycles. The van der Waals surface area contributed by atoms with Gasteiger partial charge < -0.3 is 9.47 Å². The summed E-state index contributed by atoms with van der Waals surface area (Å²) in [6.07, 6.45) is 1.13. The van der Waals surface area contributed by atoms with Gasteiger partial charge in [0.25, 0.3) is 0 Å². The Bertz CT molecular complexity index is 763. The summed E-state index contributed by atoms with van der Waals surface area (Å²) in [7, 11) is -1.74. The van der Waals surface area contributed by atoms with Gasteiger partial charge in [0.2, 0.25) is 5.78 Å². The molecule has 116 valence electrons. The molecule has 5 nitrogen and oxygen atoms in total. The van der Waals surface area contributed by atoms with Crippen molar-refractivity contribution in [2.75, 3.05) is 20.0 Å². The summed E-state index contributed by atoms with van der Waals surface area (Å²) in [6, 6.07) is 12.8. The Kier molecular flexibility index (Phi) is 4.82. The highest BCUT2D eigenvalue weighted by Crippen LogP contribution is 2.19. The van der Waals surface area contributed by atoms with Crippen LogP contribution in [0.2, 0.25) is 0 Å². The minimum atomic E-state index is -3.24. The highest BCUT2D eigenvalue weighted by molar-refractivity contribution is 7.90. The third kappa shape index (κ3) is 3.85. The maximum atomic E-state index is 12.1. The minimum Gasteiger partial charge on any atom is -0.496 e. The average Bonchev–Trinajstić information content (AvgIpc) is 2.52. The van der Waals surface area contributed by atoms with Crippen LogP contribution in [0.5, 0.6) is 11.5 Å². The molecule has 6 heteroatoms. The number of hydrogen-bond donors (Lipinski definition) is 0. The molecule has 0 saturated carbocycles. The molecule has 0 unspecified atom stereocenters. The van der Waals surface area contributed by atoms with Crippen LogP contribution >= 0.6 is 0 Å². The molecule has 2 rings (SSSR count). The van der Waals surface area contributed by atoms with Crippen LogP contribution in [-0.4, -0.2) is 34.2 Å². The number of sulfone groups is 1. The van der Waals surface area contributed by atoms with Gasteiger partial charge in [0, 0.05) is 6.26 Å². The molecule has 0 bridgehead atoms. The van der Waals surface area contributed by atoms with Crippen molar-refractivity contribution < 1.29 is 22.7 Å². The highest BCUT2D eigenvalue weighted by Gasteiger charge is 2.12. The first-order valence-corrected chi connectivity index (χ1v) is 8.40. The number of hydrogen-bond acceptors (Lipinski definition) is 5. The second-order valence-electron chi connectivity index (χ2n) is 4.66. The van der Waals surface area contributed by atoms with Gasteiger partial charge in [0.15, 0.2) is 16.4 Å². The van der Waals surface area contributed by atoms with E-state index in [0.717, 1.165) is 6.26 Å². The van der Waals surface area contributed by atoms with Crippen molar-refractivity contribution in [2.24, 2.45) is 0 Å². The Hall–Kier alpha value is -2.34. The van der Waals surface area contributed by atoms with E-state index in [0.29, 0.717) is 17.1 Å². The summed E-state index contributed by atoms with van der Waals surface area (Å²) in [5.41, 5.74) is 0.442. The van der Waals surface area contributed by atoms with E-state index in [1.54, 1.807) is 24.3 Å². The molecule has 2 aromatic rings. The Morgan fingerprint density at radius 1 is 1.05 bits per heavy atom. The summed E-state index contributed by atoms with van der Waals surface area (Å²) >= 11 is 0. The van der Waals surface area contributed by atoms with Gasteiger partial charge in [-0.15, -0.1) is 0 Å². The molecule has 0 aliphatic rings. The topological polar surface area (TPSA) is 69.7 Å². The second kappa shape index (κ2) is 6.62. The number of Topliss-reactive ketones (excluding diaryl/α,β-unsaturated/α-hetero) is 1. The van der Waals surface area contributed by atoms with Gasteiger partial charge in [-0.05, 0) is 36.4 Å². The monoisotopic (exact) mass is 320 g/mol. The van der Waals surface area contributed by atoms with Crippen molar-refractivity contribution in [3.63, 3.8) is 0 Å². The SMILES string of the molecule is COc1ccccc1C(=O)COc1ccc(S(C)(=O)=O)cc1. The van der Waals surface area contributed by atoms with Crippen LogP contribution in [0.4, 0.5) is 0 Å². The van der Waals surface area contributed by atoms with Crippen molar-refractivity contribution in [3.05, 3.63) is 54.1 Å². The lowest BCUT2D eigenvalue weighted by Gasteiger charge is -2.09. The lowest BCUT2D eigenvalue weighted by atomic mass is 10.1. The van der Waals surface area contributed by atoms with Crippen molar-refractivity contribution in [1.29, 1.82) is 0 Å². The molecule has 0 amide bonds. The van der Waals surface area contributed by atoms with Gasteiger partial charge in [-0.1, -0.05) is 12.1 Å². The largest absolute Gasteiger partial charge is 0.496 e. The zero-order valence-electron chi connectivity index (χ0n) is 12.3. The average molecular weight is 320 g/mol. The first-order chi connectivity index (χ1) is 10.4. The Balaban J connectivity index is 2.05. The van der Waals surface area contributed by atoms with E-state index in [-0.39, 0.29) is 17.3 Å². The van der Waals surface area contributed by atoms with Crippen LogP contribution < -0.4 is 9.47 Å². The van der Waals surface area contributed by atoms with E-state index in [9.17, 15) is 13.2 Å². The Labute approximate surface area is 129 Å². The van der Waals surface area contributed by atoms with E-state index in [4.69, 9.17) is 9.47 Å². The number of carbonyl (C=O) groups excluding carboxylic acids is 1. The van der Waals surface area contributed by atoms with Gasteiger partial charge >= 0.3 is 0 Å². The molecule has 2 aromatic carbocycles. The van der Waals surface area contributed by atoms with Crippen LogP contribution in [0.25, 0.3) is 0 Å². The summed E-state index contributed by atoms with van der Waals surface area (Å²) in [5.74, 6) is 0.698. The lowest BCUT2D eigenvalue weighted by Crippen LogP contribution is -2.12. The van der Waals surface area contributed by atoms with Crippen LogP contribution in [0.15, 0.2) is 53.4 Å². The number of para-hydroxylation sites is 1. The third-order valence-corrected chi connectivity index (χ3v) is 4.16. The maximum Gasteiger partial charge on any atom is 0.203 e. The quantitative estimate of drug-likeness (QED) is 0.764. The number of ether oxygens (including phenoxy) is 2. The van der Waals surface area contributed by atoms with E-state index in [1.807, 2.05) is 0 Å². The van der Waals surface area contributed by atoms with E-state index in [2.05, 4.69) is 0 Å². The van der Waals surface area contributed by atoms with Gasteiger partial charge in [-0.25, -0.2) is 8.42 Å². The van der Waals surface area contributed by atoms with Crippen LogP contribution in [0.3, 0.4) is 0 Å². The van der Waals surface area contributed by atoms with E-state index < -0.39 is 9.84 Å². The first kappa shape index (κ1) is 16.0. The van der Waals surface area contributed by atoms with Gasteiger partial charge in [-0.3, -0.25) is 4.79 Å². The first-order valence-electron chi connectivity index (χ1n) is 6.51. The van der Waals surface area contributed by atoms with Gasteiger partial charge in [0.1, 0.15) is 11.5 Å². The molecule has 0 radical (unpaired) electrons. The molecule has 0 fully saturated rings. The molecule has 0 atom stereocenters. The predicted molar refractivity (Wildman–Crippen MR) is 82.4 cm³/mol. The Morgan fingerprint density at radius 3 is 2.27 bits per heavy atom. The van der Waals surface area contributed by atoms with Crippen LogP contribution in [0, 0.1) is 0 Å². The summed E-state index contributed by atoms with van der Waals surface area (Å²) in [5, 5.41) is 0. The fraction of sp³-hybridized carbons (Fsp3) is 0.188. The fourth-order valence-electron chi connectivity index (χ4n) is 1.88. The number of rotatable bonds is 6. The second-order valence-corrected chi connectivity index (χ2v) is 6.67. The number of benzene rings is 2. The van der Waals surface area contributed by atoms with Crippen molar-refractivity contribution in [2.45, 2.75) is 4.90 Å². The van der Waals surface area contributed by atoms with Crippen LogP contribution in [0.1, 0.15) is 10.4 Å². The minimum absolute atomic E-state index is 0.154. The molecule has 0 aromatic heterocycles. The molecule has 0 saturated heterocycles. The smallest absolute Gasteiger partial charge is 0.203 e. The lowest BCUT2D eigenvalue weighted by molar-refractivity contribution is 0.0918. The van der Waals surface area contributed by atoms with Crippen molar-refractivity contribution >= 4 is 15.6 Å². The fourth-order valence-corrected chi connectivity index (χ4v) is 2.52. The number of ketones is 1. The van der Waals surface area contributed by atoms with Crippen molar-refractivity contribution in [3.8, 4) is 11.5 Å². The molecular weight excluding hydrogens is 304 g/mol. The van der Waals surface area contributed by atoms with Crippen LogP contribution in [-0.2, 0) is 9.84 Å². The Morgan fingerprint density at radius 2 is 1.68 bits per heavy atom. The van der Waals surface area contributed by atoms with E-state index >= 15 is 0 Å². The summed E-state index contributed by atoms with van der Waals surface area (Å²) < 4.78 is 33.2. The normalized spacial score (nSPS) is 11.0. The molecule has 0 spiro atoms. The molecule has 22 heavy (non-hydrogen) atoms. The standard InChI is InChI=1S/C16H16O5S/c1-20-16-6-4-3-5-14(16)15(17)11-21-12-7-9-13(10-8-12)22(2,18)19/h3-10H,11H2,1-2H3. The predicted octanol–water partition coefficient (Wildman–Crippen LogP) is 2.36. The van der Waals surface area contributed by atoms with Gasteiger partial charge in [0.05, 0.1) is 17.6 Å². The highest BCUT2D eigenvalue weighted by atomic mass is 32.2.